The molecule has 1 fully saturated rings. The number of anilines is 2. The smallest absolute Gasteiger partial charge is 0.218 e. The Morgan fingerprint density at radius 1 is 1.28 bits per heavy atom. The van der Waals surface area contributed by atoms with E-state index in [1.165, 1.54) is 0 Å². The van der Waals surface area contributed by atoms with Crippen molar-refractivity contribution in [1.82, 2.24) is 9.88 Å². The summed E-state index contributed by atoms with van der Waals surface area (Å²) in [5.74, 6) is 0.305. The van der Waals surface area contributed by atoms with Crippen molar-refractivity contribution in [2.45, 2.75) is 6.42 Å². The molecule has 0 bridgehead atoms. The number of pyridine rings is 1. The first-order valence-corrected chi connectivity index (χ1v) is 6.12. The molecule has 1 aliphatic rings. The summed E-state index contributed by atoms with van der Waals surface area (Å²) < 4.78 is 0. The SMILES string of the molecule is NC(=O)CCN1CCN(c2ccc(N)nc2)CC1. The largest absolute Gasteiger partial charge is 0.384 e. The fourth-order valence-electron chi connectivity index (χ4n) is 2.08. The molecule has 1 saturated heterocycles. The highest BCUT2D eigenvalue weighted by molar-refractivity contribution is 5.73. The van der Waals surface area contributed by atoms with E-state index in [4.69, 9.17) is 11.5 Å². The van der Waals surface area contributed by atoms with Crippen molar-refractivity contribution in [2.24, 2.45) is 5.73 Å². The van der Waals surface area contributed by atoms with Gasteiger partial charge in [0.1, 0.15) is 5.82 Å². The van der Waals surface area contributed by atoms with Crippen LogP contribution in [0.3, 0.4) is 0 Å². The number of carbonyl (C=O) groups excluding carboxylic acids is 1. The predicted molar refractivity (Wildman–Crippen MR) is 71.1 cm³/mol. The normalized spacial score (nSPS) is 16.8. The number of nitrogens with two attached hydrogens (primary N) is 2. The second-order valence-electron chi connectivity index (χ2n) is 4.49. The van der Waals surface area contributed by atoms with E-state index in [1.54, 1.807) is 6.20 Å². The molecule has 4 N–H and O–H groups in total. The van der Waals surface area contributed by atoms with Gasteiger partial charge in [0.15, 0.2) is 0 Å². The van der Waals surface area contributed by atoms with Crippen LogP contribution < -0.4 is 16.4 Å². The lowest BCUT2D eigenvalue weighted by molar-refractivity contribution is -0.118. The van der Waals surface area contributed by atoms with E-state index in [-0.39, 0.29) is 5.91 Å². The molecule has 0 aromatic carbocycles. The van der Waals surface area contributed by atoms with Gasteiger partial charge in [-0.1, -0.05) is 0 Å². The molecule has 0 spiro atoms. The second-order valence-corrected chi connectivity index (χ2v) is 4.49. The van der Waals surface area contributed by atoms with Gasteiger partial charge in [-0.3, -0.25) is 9.69 Å². The molecule has 98 valence electrons. The van der Waals surface area contributed by atoms with Crippen LogP contribution in [0.4, 0.5) is 11.5 Å². The minimum atomic E-state index is -0.236. The zero-order valence-corrected chi connectivity index (χ0v) is 10.4. The highest BCUT2D eigenvalue weighted by atomic mass is 16.1. The molecule has 0 atom stereocenters. The summed E-state index contributed by atoms with van der Waals surface area (Å²) in [5.41, 5.74) is 11.8. The fourth-order valence-corrected chi connectivity index (χ4v) is 2.08. The number of piperazine rings is 1. The summed E-state index contributed by atoms with van der Waals surface area (Å²) in [6.45, 7) is 4.51. The van der Waals surface area contributed by atoms with E-state index in [0.717, 1.165) is 38.4 Å². The molecule has 6 nitrogen and oxygen atoms in total. The van der Waals surface area contributed by atoms with Crippen molar-refractivity contribution < 1.29 is 4.79 Å². The average molecular weight is 249 g/mol. The van der Waals surface area contributed by atoms with E-state index >= 15 is 0 Å². The van der Waals surface area contributed by atoms with E-state index in [1.807, 2.05) is 12.1 Å². The summed E-state index contributed by atoms with van der Waals surface area (Å²) in [4.78, 5) is 19.3. The maximum atomic E-state index is 10.7. The van der Waals surface area contributed by atoms with Gasteiger partial charge in [0.25, 0.3) is 0 Å². The van der Waals surface area contributed by atoms with Gasteiger partial charge in [-0.15, -0.1) is 0 Å². The van der Waals surface area contributed by atoms with Crippen LogP contribution >= 0.6 is 0 Å². The van der Waals surface area contributed by atoms with E-state index < -0.39 is 0 Å². The first-order chi connectivity index (χ1) is 8.65. The molecular weight excluding hydrogens is 230 g/mol. The van der Waals surface area contributed by atoms with Crippen LogP contribution in [-0.4, -0.2) is 48.5 Å². The quantitative estimate of drug-likeness (QED) is 0.762. The van der Waals surface area contributed by atoms with Crippen molar-refractivity contribution in [3.8, 4) is 0 Å². The average Bonchev–Trinajstić information content (AvgIpc) is 2.38. The minimum Gasteiger partial charge on any atom is -0.384 e. The Balaban J connectivity index is 1.83. The summed E-state index contributed by atoms with van der Waals surface area (Å²) in [7, 11) is 0. The molecule has 1 aromatic rings. The number of amides is 1. The highest BCUT2D eigenvalue weighted by Gasteiger charge is 2.17. The van der Waals surface area contributed by atoms with Crippen LogP contribution in [0.2, 0.25) is 0 Å². The third-order valence-corrected chi connectivity index (χ3v) is 3.18. The van der Waals surface area contributed by atoms with Crippen molar-refractivity contribution in [1.29, 1.82) is 0 Å². The Morgan fingerprint density at radius 3 is 2.56 bits per heavy atom. The third kappa shape index (κ3) is 3.33. The van der Waals surface area contributed by atoms with Gasteiger partial charge in [-0.2, -0.15) is 0 Å². The molecule has 0 radical (unpaired) electrons. The van der Waals surface area contributed by atoms with Gasteiger partial charge in [0.05, 0.1) is 11.9 Å². The molecule has 2 rings (SSSR count). The van der Waals surface area contributed by atoms with Crippen LogP contribution in [0, 0.1) is 0 Å². The minimum absolute atomic E-state index is 0.236. The first kappa shape index (κ1) is 12.6. The number of aromatic nitrogens is 1. The molecule has 0 unspecified atom stereocenters. The number of carbonyl (C=O) groups is 1. The maximum Gasteiger partial charge on any atom is 0.218 e. The lowest BCUT2D eigenvalue weighted by Crippen LogP contribution is -2.47. The Hall–Kier alpha value is -1.82. The Labute approximate surface area is 107 Å². The van der Waals surface area contributed by atoms with Gasteiger partial charge >= 0.3 is 0 Å². The molecule has 0 saturated carbocycles. The number of nitrogens with zero attached hydrogens (tertiary/aromatic N) is 3. The van der Waals surface area contributed by atoms with Crippen LogP contribution in [-0.2, 0) is 4.79 Å². The zero-order chi connectivity index (χ0) is 13.0. The van der Waals surface area contributed by atoms with Crippen LogP contribution in [0.5, 0.6) is 0 Å². The Kier molecular flexibility index (Phi) is 3.99. The van der Waals surface area contributed by atoms with Gasteiger partial charge in [-0.25, -0.2) is 4.98 Å². The monoisotopic (exact) mass is 249 g/mol. The van der Waals surface area contributed by atoms with Crippen molar-refractivity contribution in [2.75, 3.05) is 43.4 Å². The van der Waals surface area contributed by atoms with Gasteiger partial charge in [0, 0.05) is 39.1 Å². The second kappa shape index (κ2) is 5.68. The number of rotatable bonds is 4. The highest BCUT2D eigenvalue weighted by Crippen LogP contribution is 2.16. The van der Waals surface area contributed by atoms with Crippen molar-refractivity contribution in [3.05, 3.63) is 18.3 Å². The standard InChI is InChI=1S/C12H19N5O/c13-11-2-1-10(9-15-11)17-7-5-16(6-8-17)4-3-12(14)18/h1-2,9H,3-8H2,(H2,13,15)(H2,14,18). The third-order valence-electron chi connectivity index (χ3n) is 3.18. The molecule has 1 aromatic heterocycles. The molecule has 1 aliphatic heterocycles. The fraction of sp³-hybridized carbons (Fsp3) is 0.500. The summed E-state index contributed by atoms with van der Waals surface area (Å²) in [5, 5.41) is 0. The van der Waals surface area contributed by atoms with Crippen LogP contribution in [0.25, 0.3) is 0 Å². The lowest BCUT2D eigenvalue weighted by atomic mass is 10.2. The number of hydrogen-bond donors (Lipinski definition) is 2. The molecule has 6 heteroatoms. The number of nitrogen functional groups attached to an aromatic ring is 1. The molecule has 2 heterocycles. The summed E-state index contributed by atoms with van der Waals surface area (Å²) in [6, 6.07) is 3.80. The van der Waals surface area contributed by atoms with Gasteiger partial charge < -0.3 is 16.4 Å². The lowest BCUT2D eigenvalue weighted by Gasteiger charge is -2.35. The number of primary amides is 1. The van der Waals surface area contributed by atoms with E-state index in [9.17, 15) is 4.79 Å². The van der Waals surface area contributed by atoms with Crippen molar-refractivity contribution >= 4 is 17.4 Å². The topological polar surface area (TPSA) is 88.5 Å². The Bertz CT molecular complexity index is 397. The van der Waals surface area contributed by atoms with Gasteiger partial charge in [-0.05, 0) is 12.1 Å². The molecule has 1 amide bonds. The van der Waals surface area contributed by atoms with Crippen molar-refractivity contribution in [3.63, 3.8) is 0 Å². The maximum absolute atomic E-state index is 10.7. The predicted octanol–water partition coefficient (Wildman–Crippen LogP) is -0.339. The van der Waals surface area contributed by atoms with Gasteiger partial charge in [0.2, 0.25) is 5.91 Å². The molecule has 0 aliphatic carbocycles. The molecular formula is C12H19N5O. The van der Waals surface area contributed by atoms with Crippen LogP contribution in [0.15, 0.2) is 18.3 Å². The van der Waals surface area contributed by atoms with Crippen LogP contribution in [0.1, 0.15) is 6.42 Å². The molecule has 18 heavy (non-hydrogen) atoms. The Morgan fingerprint density at radius 2 is 2.00 bits per heavy atom. The van der Waals surface area contributed by atoms with E-state index in [2.05, 4.69) is 14.8 Å². The summed E-state index contributed by atoms with van der Waals surface area (Å²) >= 11 is 0. The number of hydrogen-bond acceptors (Lipinski definition) is 5. The zero-order valence-electron chi connectivity index (χ0n) is 10.4. The van der Waals surface area contributed by atoms with E-state index in [0.29, 0.717) is 12.2 Å². The first-order valence-electron chi connectivity index (χ1n) is 6.12. The summed E-state index contributed by atoms with van der Waals surface area (Å²) in [6.07, 6.45) is 2.23.